The molecule has 2 rings (SSSR count). The zero-order valence-corrected chi connectivity index (χ0v) is 8.16. The van der Waals surface area contributed by atoms with Crippen LogP contribution in [0.2, 0.25) is 0 Å². The van der Waals surface area contributed by atoms with E-state index >= 15 is 0 Å². The number of aromatic nitrogens is 1. The first-order valence-electron chi connectivity index (χ1n) is 4.91. The summed E-state index contributed by atoms with van der Waals surface area (Å²) in [5, 5.41) is 5.76. The van der Waals surface area contributed by atoms with E-state index in [4.69, 9.17) is 0 Å². The molecule has 2 N–H and O–H groups in total. The van der Waals surface area contributed by atoms with Crippen LogP contribution in [0.4, 0.5) is 10.1 Å². The maximum atomic E-state index is 12.5. The molecule has 2 heterocycles. The van der Waals surface area contributed by atoms with Gasteiger partial charge < -0.3 is 10.6 Å². The number of carbonyl (C=O) groups is 1. The van der Waals surface area contributed by atoms with E-state index < -0.39 is 5.95 Å². The molecule has 0 spiro atoms. The van der Waals surface area contributed by atoms with Crippen LogP contribution in [0.25, 0.3) is 0 Å². The monoisotopic (exact) mass is 209 g/mol. The van der Waals surface area contributed by atoms with Gasteiger partial charge in [0.2, 0.25) is 11.9 Å². The lowest BCUT2D eigenvalue weighted by Crippen LogP contribution is -2.35. The summed E-state index contributed by atoms with van der Waals surface area (Å²) in [4.78, 5) is 15.1. The fourth-order valence-electron chi connectivity index (χ4n) is 1.59. The van der Waals surface area contributed by atoms with E-state index in [0.717, 1.165) is 19.4 Å². The lowest BCUT2D eigenvalue weighted by molar-refractivity contribution is -0.117. The highest BCUT2D eigenvalue weighted by atomic mass is 19.1. The van der Waals surface area contributed by atoms with Crippen molar-refractivity contribution in [2.45, 2.75) is 18.9 Å². The zero-order chi connectivity index (χ0) is 10.7. The van der Waals surface area contributed by atoms with Crippen LogP contribution in [-0.4, -0.2) is 23.5 Å². The molecule has 1 aromatic heterocycles. The van der Waals surface area contributed by atoms with Crippen LogP contribution in [0, 0.1) is 5.95 Å². The van der Waals surface area contributed by atoms with E-state index in [1.54, 1.807) is 0 Å². The van der Waals surface area contributed by atoms with Gasteiger partial charge in [-0.3, -0.25) is 4.79 Å². The van der Waals surface area contributed by atoms with E-state index in [1.165, 1.54) is 18.3 Å². The van der Waals surface area contributed by atoms with Gasteiger partial charge in [-0.05, 0) is 31.5 Å². The molecule has 1 amide bonds. The molecule has 1 aromatic rings. The average molecular weight is 209 g/mol. The van der Waals surface area contributed by atoms with Crippen molar-refractivity contribution in [3.8, 4) is 0 Å². The van der Waals surface area contributed by atoms with Crippen molar-refractivity contribution < 1.29 is 9.18 Å². The number of hydrogen-bond donors (Lipinski definition) is 2. The molecule has 1 aliphatic heterocycles. The predicted molar refractivity (Wildman–Crippen MR) is 53.8 cm³/mol. The quantitative estimate of drug-likeness (QED) is 0.712. The fourth-order valence-corrected chi connectivity index (χ4v) is 1.59. The molecule has 4 nitrogen and oxygen atoms in total. The third-order valence-electron chi connectivity index (χ3n) is 2.37. The minimum Gasteiger partial charge on any atom is -0.323 e. The number of anilines is 1. The van der Waals surface area contributed by atoms with Crippen molar-refractivity contribution in [1.82, 2.24) is 10.3 Å². The maximum Gasteiger partial charge on any atom is 0.241 e. The van der Waals surface area contributed by atoms with Gasteiger partial charge in [0.1, 0.15) is 0 Å². The van der Waals surface area contributed by atoms with Crippen molar-refractivity contribution >= 4 is 11.6 Å². The molecule has 80 valence electrons. The van der Waals surface area contributed by atoms with Crippen LogP contribution in [0.3, 0.4) is 0 Å². The summed E-state index contributed by atoms with van der Waals surface area (Å²) < 4.78 is 12.5. The van der Waals surface area contributed by atoms with Gasteiger partial charge >= 0.3 is 0 Å². The Bertz CT molecular complexity index is 346. The van der Waals surface area contributed by atoms with E-state index in [-0.39, 0.29) is 11.9 Å². The van der Waals surface area contributed by atoms with Crippen LogP contribution in [0.15, 0.2) is 18.3 Å². The average Bonchev–Trinajstić information content (AvgIpc) is 2.74. The second-order valence-electron chi connectivity index (χ2n) is 3.51. The smallest absolute Gasteiger partial charge is 0.241 e. The Morgan fingerprint density at radius 3 is 3.07 bits per heavy atom. The second-order valence-corrected chi connectivity index (χ2v) is 3.51. The predicted octanol–water partition coefficient (Wildman–Crippen LogP) is 0.911. The molecule has 1 aliphatic rings. The molecule has 5 heteroatoms. The summed E-state index contributed by atoms with van der Waals surface area (Å²) in [6, 6.07) is 2.59. The van der Waals surface area contributed by atoms with Crippen LogP contribution in [-0.2, 0) is 4.79 Å². The summed E-state index contributed by atoms with van der Waals surface area (Å²) in [7, 11) is 0. The number of amides is 1. The van der Waals surface area contributed by atoms with E-state index in [9.17, 15) is 9.18 Å². The van der Waals surface area contributed by atoms with Crippen LogP contribution in [0.1, 0.15) is 12.8 Å². The standard InChI is InChI=1S/C10H12FN3O/c11-9-4-3-7(6-13-9)14-10(15)8-2-1-5-12-8/h3-4,6,8,12H,1-2,5H2,(H,14,15)/t8-/m1/s1. The molecule has 0 saturated carbocycles. The molecule has 0 radical (unpaired) electrons. The van der Waals surface area contributed by atoms with Gasteiger partial charge in [0.25, 0.3) is 0 Å². The van der Waals surface area contributed by atoms with Gasteiger partial charge in [-0.15, -0.1) is 0 Å². The first-order valence-corrected chi connectivity index (χ1v) is 4.91. The number of nitrogens with zero attached hydrogens (tertiary/aromatic N) is 1. The van der Waals surface area contributed by atoms with Crippen LogP contribution < -0.4 is 10.6 Å². The minimum atomic E-state index is -0.549. The molecule has 0 unspecified atom stereocenters. The highest BCUT2D eigenvalue weighted by Gasteiger charge is 2.21. The number of nitrogens with one attached hydrogen (secondary N) is 2. The molecule has 1 saturated heterocycles. The van der Waals surface area contributed by atoms with Crippen molar-refractivity contribution in [2.24, 2.45) is 0 Å². The second kappa shape index (κ2) is 4.35. The molecule has 1 atom stereocenters. The Hall–Kier alpha value is -1.49. The largest absolute Gasteiger partial charge is 0.323 e. The highest BCUT2D eigenvalue weighted by molar-refractivity contribution is 5.94. The van der Waals surface area contributed by atoms with Crippen LogP contribution in [0.5, 0.6) is 0 Å². The summed E-state index contributed by atoms with van der Waals surface area (Å²) in [5.74, 6) is -0.632. The molecule has 1 fully saturated rings. The Balaban J connectivity index is 1.96. The van der Waals surface area contributed by atoms with Crippen molar-refractivity contribution in [1.29, 1.82) is 0 Å². The lowest BCUT2D eigenvalue weighted by atomic mass is 10.2. The first-order chi connectivity index (χ1) is 7.25. The Kier molecular flexibility index (Phi) is 2.91. The van der Waals surface area contributed by atoms with Gasteiger partial charge in [0.05, 0.1) is 17.9 Å². The Morgan fingerprint density at radius 2 is 2.47 bits per heavy atom. The molecule has 15 heavy (non-hydrogen) atoms. The molecular formula is C10H12FN3O. The molecular weight excluding hydrogens is 197 g/mol. The van der Waals surface area contributed by atoms with Gasteiger partial charge in [-0.1, -0.05) is 0 Å². The minimum absolute atomic E-state index is 0.0825. The van der Waals surface area contributed by atoms with Crippen LogP contribution >= 0.6 is 0 Å². The number of hydrogen-bond acceptors (Lipinski definition) is 3. The van der Waals surface area contributed by atoms with Gasteiger partial charge in [-0.25, -0.2) is 4.98 Å². The third kappa shape index (κ3) is 2.50. The van der Waals surface area contributed by atoms with Gasteiger partial charge in [0, 0.05) is 0 Å². The SMILES string of the molecule is O=C(Nc1ccc(F)nc1)[C@H]1CCCN1. The molecule has 0 aliphatic carbocycles. The summed E-state index contributed by atoms with van der Waals surface area (Å²) in [6.45, 7) is 0.875. The van der Waals surface area contributed by atoms with Crippen molar-refractivity contribution in [3.05, 3.63) is 24.3 Å². The van der Waals surface area contributed by atoms with E-state index in [0.29, 0.717) is 5.69 Å². The maximum absolute atomic E-state index is 12.5. The molecule has 0 bridgehead atoms. The molecule has 0 aromatic carbocycles. The zero-order valence-electron chi connectivity index (χ0n) is 8.16. The van der Waals surface area contributed by atoms with Gasteiger partial charge in [-0.2, -0.15) is 4.39 Å². The Labute approximate surface area is 86.9 Å². The highest BCUT2D eigenvalue weighted by Crippen LogP contribution is 2.10. The lowest BCUT2D eigenvalue weighted by Gasteiger charge is -2.10. The topological polar surface area (TPSA) is 54.0 Å². The number of rotatable bonds is 2. The van der Waals surface area contributed by atoms with Gasteiger partial charge in [0.15, 0.2) is 0 Å². The Morgan fingerprint density at radius 1 is 1.60 bits per heavy atom. The van der Waals surface area contributed by atoms with Crippen molar-refractivity contribution in [3.63, 3.8) is 0 Å². The third-order valence-corrected chi connectivity index (χ3v) is 2.37. The summed E-state index contributed by atoms with van der Waals surface area (Å²) >= 11 is 0. The normalized spacial score (nSPS) is 20.2. The van der Waals surface area contributed by atoms with E-state index in [2.05, 4.69) is 15.6 Å². The summed E-state index contributed by atoms with van der Waals surface area (Å²) in [6.07, 6.45) is 3.17. The van der Waals surface area contributed by atoms with E-state index in [1.807, 2.05) is 0 Å². The number of pyridine rings is 1. The summed E-state index contributed by atoms with van der Waals surface area (Å²) in [5.41, 5.74) is 0.523. The number of halogens is 1. The fraction of sp³-hybridized carbons (Fsp3) is 0.400. The van der Waals surface area contributed by atoms with Crippen molar-refractivity contribution in [2.75, 3.05) is 11.9 Å². The number of carbonyl (C=O) groups excluding carboxylic acids is 1. The first kappa shape index (κ1) is 10.0.